The normalized spacial score (nSPS) is 11.8. The minimum atomic E-state index is -3.43. The molecule has 0 aromatic carbocycles. The van der Waals surface area contributed by atoms with Gasteiger partial charge in [-0.25, -0.2) is 18.1 Å². The van der Waals surface area contributed by atoms with Crippen molar-refractivity contribution in [2.75, 3.05) is 6.54 Å². The van der Waals surface area contributed by atoms with Crippen LogP contribution in [0.15, 0.2) is 27.9 Å². The van der Waals surface area contributed by atoms with Gasteiger partial charge in [-0.2, -0.15) is 0 Å². The van der Waals surface area contributed by atoms with Crippen LogP contribution in [0.2, 0.25) is 0 Å². The minimum Gasteiger partial charge on any atom is -0.312 e. The molecule has 0 unspecified atom stereocenters. The van der Waals surface area contributed by atoms with E-state index in [1.54, 1.807) is 12.3 Å². The van der Waals surface area contributed by atoms with Crippen LogP contribution in [-0.4, -0.2) is 19.9 Å². The molecular weight excluding hydrogens is 302 g/mol. The Hall–Kier alpha value is -0.800. The fourth-order valence-corrected chi connectivity index (χ4v) is 4.42. The molecule has 5 nitrogen and oxygen atoms in total. The first-order valence-corrected chi connectivity index (χ1v) is 8.97. The first-order valence-electron chi connectivity index (χ1n) is 5.79. The predicted octanol–water partition coefficient (Wildman–Crippen LogP) is 1.79. The molecule has 0 spiro atoms. The van der Waals surface area contributed by atoms with Gasteiger partial charge in [0.05, 0.1) is 6.54 Å². The molecule has 0 amide bonds. The van der Waals surface area contributed by atoms with Crippen LogP contribution in [-0.2, 0) is 23.1 Å². The van der Waals surface area contributed by atoms with E-state index in [0.717, 1.165) is 16.4 Å². The van der Waals surface area contributed by atoms with Crippen molar-refractivity contribution in [2.24, 2.45) is 0 Å². The maximum atomic E-state index is 12.1. The average Bonchev–Trinajstić information content (AvgIpc) is 3.05. The molecule has 104 valence electrons. The summed E-state index contributed by atoms with van der Waals surface area (Å²) in [6, 6.07) is 3.48. The molecule has 2 N–H and O–H groups in total. The zero-order chi connectivity index (χ0) is 13.7. The third-order valence-electron chi connectivity index (χ3n) is 2.35. The third kappa shape index (κ3) is 4.08. The molecule has 0 saturated carbocycles. The SMILES string of the molecule is CCNCc1ccc(S(=O)(=O)NCc2nccs2)s1. The summed E-state index contributed by atoms with van der Waals surface area (Å²) in [6.07, 6.45) is 1.66. The molecule has 2 aromatic rings. The van der Waals surface area contributed by atoms with Crippen molar-refractivity contribution in [1.29, 1.82) is 0 Å². The summed E-state index contributed by atoms with van der Waals surface area (Å²) in [6.45, 7) is 3.81. The van der Waals surface area contributed by atoms with Gasteiger partial charge >= 0.3 is 0 Å². The van der Waals surface area contributed by atoms with Crippen molar-refractivity contribution in [1.82, 2.24) is 15.0 Å². The van der Waals surface area contributed by atoms with Crippen LogP contribution in [0.5, 0.6) is 0 Å². The summed E-state index contributed by atoms with van der Waals surface area (Å²) >= 11 is 2.72. The highest BCUT2D eigenvalue weighted by Crippen LogP contribution is 2.21. The number of rotatable bonds is 7. The minimum absolute atomic E-state index is 0.237. The fraction of sp³-hybridized carbons (Fsp3) is 0.364. The second-order valence-electron chi connectivity index (χ2n) is 3.75. The maximum absolute atomic E-state index is 12.1. The van der Waals surface area contributed by atoms with Crippen molar-refractivity contribution in [2.45, 2.75) is 24.2 Å². The van der Waals surface area contributed by atoms with Crippen LogP contribution in [0.1, 0.15) is 16.8 Å². The van der Waals surface area contributed by atoms with Gasteiger partial charge in [-0.1, -0.05) is 6.92 Å². The molecule has 0 bridgehead atoms. The third-order valence-corrected chi connectivity index (χ3v) is 6.11. The second kappa shape index (κ2) is 6.58. The number of sulfonamides is 1. The average molecular weight is 317 g/mol. The largest absolute Gasteiger partial charge is 0.312 e. The number of nitrogens with zero attached hydrogens (tertiary/aromatic N) is 1. The van der Waals surface area contributed by atoms with Crippen molar-refractivity contribution in [3.63, 3.8) is 0 Å². The molecule has 0 saturated heterocycles. The molecule has 0 aliphatic heterocycles. The lowest BCUT2D eigenvalue weighted by Crippen LogP contribution is -2.22. The highest BCUT2D eigenvalue weighted by atomic mass is 32.2. The lowest BCUT2D eigenvalue weighted by Gasteiger charge is -2.02. The molecule has 0 aliphatic rings. The molecule has 0 fully saturated rings. The Morgan fingerprint density at radius 2 is 2.16 bits per heavy atom. The molecule has 19 heavy (non-hydrogen) atoms. The van der Waals surface area contributed by atoms with Crippen molar-refractivity contribution < 1.29 is 8.42 Å². The molecule has 2 rings (SSSR count). The summed E-state index contributed by atoms with van der Waals surface area (Å²) in [5.74, 6) is 0. The summed E-state index contributed by atoms with van der Waals surface area (Å²) in [7, 11) is -3.43. The lowest BCUT2D eigenvalue weighted by molar-refractivity contribution is 0.583. The highest BCUT2D eigenvalue weighted by Gasteiger charge is 2.16. The first kappa shape index (κ1) is 14.6. The Kier molecular flexibility index (Phi) is 5.06. The molecule has 0 atom stereocenters. The number of thiophene rings is 1. The molecule has 8 heteroatoms. The number of nitrogens with one attached hydrogen (secondary N) is 2. The molecule has 0 aliphatic carbocycles. The van der Waals surface area contributed by atoms with Gasteiger partial charge in [-0.3, -0.25) is 0 Å². The van der Waals surface area contributed by atoms with E-state index >= 15 is 0 Å². The smallest absolute Gasteiger partial charge is 0.250 e. The number of hydrogen-bond donors (Lipinski definition) is 2. The van der Waals surface area contributed by atoms with Crippen molar-refractivity contribution in [3.05, 3.63) is 33.6 Å². The topological polar surface area (TPSA) is 71.1 Å². The van der Waals surface area contributed by atoms with E-state index in [-0.39, 0.29) is 6.54 Å². The van der Waals surface area contributed by atoms with Gasteiger partial charge in [-0.05, 0) is 18.7 Å². The van der Waals surface area contributed by atoms with E-state index in [0.29, 0.717) is 10.8 Å². The van der Waals surface area contributed by atoms with Crippen molar-refractivity contribution >= 4 is 32.7 Å². The van der Waals surface area contributed by atoms with E-state index < -0.39 is 10.0 Å². The molecule has 0 radical (unpaired) electrons. The Labute approximate surface area is 120 Å². The predicted molar refractivity (Wildman–Crippen MR) is 77.8 cm³/mol. The summed E-state index contributed by atoms with van der Waals surface area (Å²) in [5.41, 5.74) is 0. The molecule has 2 aromatic heterocycles. The van der Waals surface area contributed by atoms with Crippen molar-refractivity contribution in [3.8, 4) is 0 Å². The van der Waals surface area contributed by atoms with Gasteiger partial charge in [0.25, 0.3) is 0 Å². The highest BCUT2D eigenvalue weighted by molar-refractivity contribution is 7.91. The van der Waals surface area contributed by atoms with Crippen LogP contribution in [0.3, 0.4) is 0 Å². The summed E-state index contributed by atoms with van der Waals surface area (Å²) in [4.78, 5) is 5.05. The standard InChI is InChI=1S/C11H15N3O2S3/c1-2-12-7-9-3-4-11(18-9)19(15,16)14-8-10-13-5-6-17-10/h3-6,12,14H,2,7-8H2,1H3. The van der Waals surface area contributed by atoms with E-state index in [4.69, 9.17) is 0 Å². The van der Waals surface area contributed by atoms with Crippen LogP contribution < -0.4 is 10.0 Å². The molecular formula is C11H15N3O2S3. The fourth-order valence-electron chi connectivity index (χ4n) is 1.41. The van der Waals surface area contributed by atoms with Gasteiger partial charge in [0.2, 0.25) is 10.0 Å². The second-order valence-corrected chi connectivity index (χ2v) is 7.89. The summed E-state index contributed by atoms with van der Waals surface area (Å²) in [5, 5.41) is 5.75. The van der Waals surface area contributed by atoms with Crippen LogP contribution in [0, 0.1) is 0 Å². The van der Waals surface area contributed by atoms with Gasteiger partial charge in [-0.15, -0.1) is 22.7 Å². The van der Waals surface area contributed by atoms with Gasteiger partial charge < -0.3 is 5.32 Å². The van der Waals surface area contributed by atoms with E-state index in [2.05, 4.69) is 15.0 Å². The number of thiazole rings is 1. The van der Waals surface area contributed by atoms with E-state index in [1.165, 1.54) is 22.7 Å². The molecule has 2 heterocycles. The van der Waals surface area contributed by atoms with E-state index in [1.807, 2.05) is 18.4 Å². The monoisotopic (exact) mass is 317 g/mol. The Morgan fingerprint density at radius 1 is 1.32 bits per heavy atom. The zero-order valence-electron chi connectivity index (χ0n) is 10.4. The Morgan fingerprint density at radius 3 is 2.84 bits per heavy atom. The van der Waals surface area contributed by atoms with Gasteiger partial charge in [0.15, 0.2) is 0 Å². The first-order chi connectivity index (χ1) is 9.12. The Balaban J connectivity index is 2.00. The summed E-state index contributed by atoms with van der Waals surface area (Å²) < 4.78 is 27.0. The van der Waals surface area contributed by atoms with Gasteiger partial charge in [0.1, 0.15) is 9.22 Å². The quantitative estimate of drug-likeness (QED) is 0.817. The van der Waals surface area contributed by atoms with Crippen LogP contribution in [0.4, 0.5) is 0 Å². The van der Waals surface area contributed by atoms with Crippen LogP contribution in [0.25, 0.3) is 0 Å². The van der Waals surface area contributed by atoms with E-state index in [9.17, 15) is 8.42 Å². The number of hydrogen-bond acceptors (Lipinski definition) is 6. The zero-order valence-corrected chi connectivity index (χ0v) is 12.9. The Bertz CT molecular complexity index is 605. The van der Waals surface area contributed by atoms with Gasteiger partial charge in [0, 0.05) is 23.0 Å². The maximum Gasteiger partial charge on any atom is 0.250 e. The number of aromatic nitrogens is 1. The van der Waals surface area contributed by atoms with Crippen LogP contribution >= 0.6 is 22.7 Å². The lowest BCUT2D eigenvalue weighted by atomic mass is 10.4.